The van der Waals surface area contributed by atoms with Crippen molar-refractivity contribution in [2.75, 3.05) is 12.0 Å². The number of hydrogen-bond acceptors (Lipinski definition) is 8. The van der Waals surface area contributed by atoms with Crippen molar-refractivity contribution in [2.45, 2.75) is 32.1 Å². The van der Waals surface area contributed by atoms with Crippen molar-refractivity contribution in [1.82, 2.24) is 4.98 Å². The normalized spacial score (nSPS) is 19.4. The van der Waals surface area contributed by atoms with Crippen LogP contribution >= 0.6 is 11.3 Å². The minimum atomic E-state index is -0.924. The summed E-state index contributed by atoms with van der Waals surface area (Å²) in [6, 6.07) is 19.3. The van der Waals surface area contributed by atoms with Gasteiger partial charge in [-0.1, -0.05) is 36.4 Å². The molecule has 6 rings (SSSR count). The van der Waals surface area contributed by atoms with E-state index in [0.717, 1.165) is 16.9 Å². The Morgan fingerprint density at radius 1 is 1.10 bits per heavy atom. The minimum absolute atomic E-state index is 0.0212. The number of anilines is 1. The van der Waals surface area contributed by atoms with E-state index in [1.807, 2.05) is 43.3 Å². The van der Waals surface area contributed by atoms with Gasteiger partial charge in [-0.15, -0.1) is 11.3 Å². The summed E-state index contributed by atoms with van der Waals surface area (Å²) >= 11 is 1.23. The molecule has 0 radical (unpaired) electrons. The van der Waals surface area contributed by atoms with Gasteiger partial charge in [0.05, 0.1) is 18.7 Å². The van der Waals surface area contributed by atoms with Crippen molar-refractivity contribution >= 4 is 33.9 Å². The second kappa shape index (κ2) is 10.5. The maximum Gasteiger partial charge on any atom is 0.301 e. The van der Waals surface area contributed by atoms with E-state index in [-0.39, 0.29) is 17.4 Å². The molecule has 8 nitrogen and oxygen atoms in total. The summed E-state index contributed by atoms with van der Waals surface area (Å²) in [5, 5.41) is 13.6. The third-order valence-electron chi connectivity index (χ3n) is 6.98. The maximum absolute atomic E-state index is 13.5. The molecular weight excluding hydrogens is 528 g/mol. The van der Waals surface area contributed by atoms with Crippen LogP contribution in [0.4, 0.5) is 5.13 Å². The smallest absolute Gasteiger partial charge is 0.301 e. The average molecular weight is 555 g/mol. The number of amides is 1. The highest BCUT2D eigenvalue weighted by Crippen LogP contribution is 2.45. The Hall–Kier alpha value is -4.63. The number of aliphatic hydroxyl groups excluding tert-OH is 1. The highest BCUT2D eigenvalue weighted by Gasteiger charge is 2.48. The Morgan fingerprint density at radius 2 is 1.93 bits per heavy atom. The lowest BCUT2D eigenvalue weighted by atomic mass is 9.94. The zero-order valence-electron chi connectivity index (χ0n) is 21.9. The lowest BCUT2D eigenvalue weighted by molar-refractivity contribution is -0.132. The van der Waals surface area contributed by atoms with Gasteiger partial charge in [0.2, 0.25) is 0 Å². The number of nitrogens with zero attached hydrogens (tertiary/aromatic N) is 2. The summed E-state index contributed by atoms with van der Waals surface area (Å²) in [6.45, 7) is 2.31. The largest absolute Gasteiger partial charge is 0.507 e. The number of aromatic nitrogens is 1. The number of carbonyl (C=O) groups excluding carboxylic acids is 2. The van der Waals surface area contributed by atoms with Gasteiger partial charge in [0.25, 0.3) is 5.78 Å². The first-order chi connectivity index (χ1) is 19.4. The lowest BCUT2D eigenvalue weighted by Gasteiger charge is -2.24. The van der Waals surface area contributed by atoms with Crippen LogP contribution in [0.2, 0.25) is 0 Å². The molecule has 2 atom stereocenters. The predicted molar refractivity (Wildman–Crippen MR) is 151 cm³/mol. The third-order valence-corrected chi connectivity index (χ3v) is 7.75. The van der Waals surface area contributed by atoms with E-state index in [4.69, 9.17) is 14.2 Å². The van der Waals surface area contributed by atoms with Crippen molar-refractivity contribution in [3.05, 3.63) is 106 Å². The van der Waals surface area contributed by atoms with Crippen LogP contribution < -0.4 is 19.1 Å². The zero-order chi connectivity index (χ0) is 27.8. The molecule has 1 N–H and O–H groups in total. The van der Waals surface area contributed by atoms with Gasteiger partial charge in [0, 0.05) is 23.6 Å². The highest BCUT2D eigenvalue weighted by molar-refractivity contribution is 7.14. The molecule has 4 aromatic rings. The summed E-state index contributed by atoms with van der Waals surface area (Å²) < 4.78 is 17.4. The number of hydrogen-bond donors (Lipinski definition) is 1. The Bertz CT molecular complexity index is 1620. The van der Waals surface area contributed by atoms with Gasteiger partial charge >= 0.3 is 5.91 Å². The minimum Gasteiger partial charge on any atom is -0.507 e. The summed E-state index contributed by atoms with van der Waals surface area (Å²) in [7, 11) is 1.53. The highest BCUT2D eigenvalue weighted by atomic mass is 32.1. The monoisotopic (exact) mass is 554 g/mol. The van der Waals surface area contributed by atoms with E-state index < -0.39 is 17.7 Å². The molecule has 0 unspecified atom stereocenters. The molecule has 0 saturated carbocycles. The van der Waals surface area contributed by atoms with E-state index in [2.05, 4.69) is 4.98 Å². The van der Waals surface area contributed by atoms with Crippen LogP contribution in [0.1, 0.15) is 35.2 Å². The van der Waals surface area contributed by atoms with Crippen molar-refractivity contribution in [3.63, 3.8) is 0 Å². The number of aliphatic hydroxyl groups is 1. The first kappa shape index (κ1) is 25.6. The maximum atomic E-state index is 13.5. The Balaban J connectivity index is 1.43. The molecule has 202 valence electrons. The van der Waals surface area contributed by atoms with E-state index in [0.29, 0.717) is 40.8 Å². The van der Waals surface area contributed by atoms with Gasteiger partial charge in [-0.2, -0.15) is 0 Å². The van der Waals surface area contributed by atoms with Gasteiger partial charge in [-0.25, -0.2) is 4.98 Å². The molecule has 0 bridgehead atoms. The van der Waals surface area contributed by atoms with Crippen LogP contribution in [0.3, 0.4) is 0 Å². The number of Topliss-reactive ketones (excluding diaryl/α,β-unsaturated/α-hetero) is 1. The topological polar surface area (TPSA) is 98.2 Å². The van der Waals surface area contributed by atoms with E-state index in [1.165, 1.54) is 23.3 Å². The van der Waals surface area contributed by atoms with Gasteiger partial charge in [0.1, 0.15) is 24.2 Å². The first-order valence-corrected chi connectivity index (χ1v) is 13.7. The molecular formula is C31H26N2O6S. The summed E-state index contributed by atoms with van der Waals surface area (Å²) in [5.74, 6) is -0.113. The molecule has 40 heavy (non-hydrogen) atoms. The Labute approximate surface area is 235 Å². The van der Waals surface area contributed by atoms with Crippen LogP contribution in [0.15, 0.2) is 83.9 Å². The summed E-state index contributed by atoms with van der Waals surface area (Å²) in [5.41, 5.74) is 2.92. The zero-order valence-corrected chi connectivity index (χ0v) is 22.7. The van der Waals surface area contributed by atoms with Crippen molar-refractivity contribution in [2.24, 2.45) is 0 Å². The summed E-state index contributed by atoms with van der Waals surface area (Å²) in [4.78, 5) is 32.5. The number of thiazole rings is 1. The fourth-order valence-corrected chi connectivity index (χ4v) is 5.78. The number of ether oxygens (including phenoxy) is 3. The first-order valence-electron chi connectivity index (χ1n) is 12.8. The van der Waals surface area contributed by atoms with Crippen LogP contribution in [0.5, 0.6) is 17.2 Å². The van der Waals surface area contributed by atoms with E-state index >= 15 is 0 Å². The van der Waals surface area contributed by atoms with Crippen LogP contribution in [-0.4, -0.2) is 35.0 Å². The molecule has 0 aliphatic carbocycles. The second-order valence-electron chi connectivity index (χ2n) is 9.62. The molecule has 2 aliphatic heterocycles. The molecule has 1 saturated heterocycles. The number of carbonyl (C=O) groups is 2. The van der Waals surface area contributed by atoms with Crippen molar-refractivity contribution < 1.29 is 28.9 Å². The Morgan fingerprint density at radius 3 is 2.67 bits per heavy atom. The van der Waals surface area contributed by atoms with Crippen LogP contribution in [0.25, 0.3) is 5.76 Å². The molecule has 1 aromatic heterocycles. The molecule has 1 fully saturated rings. The molecule has 3 aromatic carbocycles. The number of ketones is 1. The average Bonchev–Trinajstić information content (AvgIpc) is 3.69. The fraction of sp³-hybridized carbons (Fsp3) is 0.194. The van der Waals surface area contributed by atoms with Gasteiger partial charge in [0.15, 0.2) is 16.6 Å². The molecule has 1 amide bonds. The second-order valence-corrected chi connectivity index (χ2v) is 10.5. The standard InChI is InChI=1S/C31H26N2O6S/c1-18-14-22-15-21(9-10-23(22)39-18)28(34)26-27(33(30(36)29(26)35)31-32-12-13-40-31)20-8-11-24(25(16-20)37-2)38-17-19-6-4-3-5-7-19/h3-13,15-16,18,27,34H,14,17H2,1-2H3/b28-26+/t18-,27+/m1/s1. The molecule has 9 heteroatoms. The third kappa shape index (κ3) is 4.58. The van der Waals surface area contributed by atoms with E-state index in [9.17, 15) is 14.7 Å². The number of fused-ring (bicyclic) bond motifs is 1. The fourth-order valence-electron chi connectivity index (χ4n) is 5.11. The van der Waals surface area contributed by atoms with Gasteiger partial charge in [-0.05, 0) is 53.9 Å². The predicted octanol–water partition coefficient (Wildman–Crippen LogP) is 5.68. The van der Waals surface area contributed by atoms with Crippen molar-refractivity contribution in [1.29, 1.82) is 0 Å². The number of methoxy groups -OCH3 is 1. The van der Waals surface area contributed by atoms with Gasteiger partial charge in [-0.3, -0.25) is 14.5 Å². The van der Waals surface area contributed by atoms with Crippen molar-refractivity contribution in [3.8, 4) is 17.2 Å². The van der Waals surface area contributed by atoms with Gasteiger partial charge < -0.3 is 19.3 Å². The number of benzene rings is 3. The lowest BCUT2D eigenvalue weighted by Crippen LogP contribution is -2.29. The molecule has 3 heterocycles. The van der Waals surface area contributed by atoms with Crippen LogP contribution in [-0.2, 0) is 22.6 Å². The quantitative estimate of drug-likeness (QED) is 0.178. The van der Waals surface area contributed by atoms with Crippen LogP contribution in [0, 0.1) is 0 Å². The molecule has 2 aliphatic rings. The SMILES string of the molecule is COc1cc([C@H]2/C(=C(\O)c3ccc4c(c3)C[C@@H](C)O4)C(=O)C(=O)N2c2nccs2)ccc1OCc1ccccc1. The number of rotatable bonds is 7. The van der Waals surface area contributed by atoms with E-state index in [1.54, 1.807) is 41.9 Å². The summed E-state index contributed by atoms with van der Waals surface area (Å²) in [6.07, 6.45) is 2.28. The Kier molecular flexibility index (Phi) is 6.73. The molecule has 0 spiro atoms.